The summed E-state index contributed by atoms with van der Waals surface area (Å²) in [5.74, 6) is 2.69. The summed E-state index contributed by atoms with van der Waals surface area (Å²) in [5, 5.41) is 0. The Kier molecular flexibility index (Phi) is 3.66. The highest BCUT2D eigenvalue weighted by Gasteiger charge is 2.26. The van der Waals surface area contributed by atoms with E-state index >= 15 is 0 Å². The Bertz CT molecular complexity index is 500. The third-order valence-electron chi connectivity index (χ3n) is 3.15. The number of amides is 1. The van der Waals surface area contributed by atoms with Crippen molar-refractivity contribution in [1.29, 1.82) is 0 Å². The van der Waals surface area contributed by atoms with E-state index in [0.29, 0.717) is 30.1 Å². The Labute approximate surface area is 107 Å². The number of aryl methyl sites for hydroxylation is 1. The Hall–Kier alpha value is -1.82. The highest BCUT2D eigenvalue weighted by molar-refractivity contribution is 5.94. The van der Waals surface area contributed by atoms with E-state index in [-0.39, 0.29) is 11.7 Å². The first-order valence-corrected chi connectivity index (χ1v) is 6.10. The van der Waals surface area contributed by atoms with Crippen molar-refractivity contribution in [2.45, 2.75) is 19.8 Å². The van der Waals surface area contributed by atoms with Crippen LogP contribution >= 0.6 is 0 Å². The molecule has 0 aromatic heterocycles. The minimum atomic E-state index is -0.294. The van der Waals surface area contributed by atoms with E-state index in [1.807, 2.05) is 0 Å². The molecule has 1 fully saturated rings. The molecule has 1 aromatic rings. The lowest BCUT2D eigenvalue weighted by molar-refractivity contribution is 0.0769. The fraction of sp³-hybridized carbons (Fsp3) is 0.400. The summed E-state index contributed by atoms with van der Waals surface area (Å²) in [6, 6.07) is 4.42. The second kappa shape index (κ2) is 5.22. The monoisotopic (exact) mass is 245 g/mol. The van der Waals surface area contributed by atoms with Gasteiger partial charge < -0.3 is 4.90 Å². The van der Waals surface area contributed by atoms with E-state index in [4.69, 9.17) is 6.42 Å². The van der Waals surface area contributed by atoms with Crippen LogP contribution in [-0.2, 0) is 0 Å². The number of halogens is 1. The van der Waals surface area contributed by atoms with Gasteiger partial charge >= 0.3 is 0 Å². The summed E-state index contributed by atoms with van der Waals surface area (Å²) < 4.78 is 13.2. The van der Waals surface area contributed by atoms with Crippen molar-refractivity contribution in [3.63, 3.8) is 0 Å². The molecule has 2 nitrogen and oxygen atoms in total. The quantitative estimate of drug-likeness (QED) is 0.747. The van der Waals surface area contributed by atoms with Gasteiger partial charge in [-0.15, -0.1) is 6.42 Å². The Morgan fingerprint density at radius 2 is 2.28 bits per heavy atom. The number of benzene rings is 1. The highest BCUT2D eigenvalue weighted by Crippen LogP contribution is 2.30. The lowest BCUT2D eigenvalue weighted by atomic mass is 10.1. The number of nitrogens with zero attached hydrogens (tertiary/aromatic N) is 1. The lowest BCUT2D eigenvalue weighted by Crippen LogP contribution is -2.33. The van der Waals surface area contributed by atoms with Crippen molar-refractivity contribution in [2.75, 3.05) is 13.1 Å². The van der Waals surface area contributed by atoms with Gasteiger partial charge in [-0.05, 0) is 49.4 Å². The smallest absolute Gasteiger partial charge is 0.254 e. The molecule has 1 aromatic carbocycles. The fourth-order valence-corrected chi connectivity index (χ4v) is 1.90. The highest BCUT2D eigenvalue weighted by atomic mass is 19.1. The van der Waals surface area contributed by atoms with Crippen molar-refractivity contribution >= 4 is 5.91 Å². The summed E-state index contributed by atoms with van der Waals surface area (Å²) in [4.78, 5) is 13.9. The molecule has 1 saturated carbocycles. The van der Waals surface area contributed by atoms with Gasteiger partial charge in [0.1, 0.15) is 5.82 Å². The number of carbonyl (C=O) groups excluding carboxylic acids is 1. The zero-order valence-electron chi connectivity index (χ0n) is 10.4. The van der Waals surface area contributed by atoms with Gasteiger partial charge in [-0.1, -0.05) is 5.92 Å². The van der Waals surface area contributed by atoms with E-state index in [2.05, 4.69) is 5.92 Å². The summed E-state index contributed by atoms with van der Waals surface area (Å²) in [6.45, 7) is 2.67. The molecule has 0 atom stereocenters. The van der Waals surface area contributed by atoms with Crippen LogP contribution in [0.3, 0.4) is 0 Å². The van der Waals surface area contributed by atoms with Crippen LogP contribution in [0.25, 0.3) is 0 Å². The summed E-state index contributed by atoms with van der Waals surface area (Å²) in [7, 11) is 0. The second-order valence-corrected chi connectivity index (χ2v) is 4.80. The molecule has 2 rings (SSSR count). The number of rotatable bonds is 4. The van der Waals surface area contributed by atoms with Crippen LogP contribution < -0.4 is 0 Å². The van der Waals surface area contributed by atoms with Crippen molar-refractivity contribution in [1.82, 2.24) is 4.90 Å². The molecule has 0 bridgehead atoms. The molecule has 18 heavy (non-hydrogen) atoms. The summed E-state index contributed by atoms with van der Waals surface area (Å²) in [5.41, 5.74) is 0.984. The molecule has 0 spiro atoms. The van der Waals surface area contributed by atoms with E-state index < -0.39 is 0 Å². The molecule has 0 saturated heterocycles. The Balaban J connectivity index is 2.15. The molecule has 1 amide bonds. The van der Waals surface area contributed by atoms with Gasteiger partial charge in [0.15, 0.2) is 0 Å². The van der Waals surface area contributed by atoms with Crippen LogP contribution in [-0.4, -0.2) is 23.9 Å². The van der Waals surface area contributed by atoms with Crippen LogP contribution in [0.5, 0.6) is 0 Å². The zero-order chi connectivity index (χ0) is 13.1. The first kappa shape index (κ1) is 12.6. The second-order valence-electron chi connectivity index (χ2n) is 4.80. The average molecular weight is 245 g/mol. The number of terminal acetylenes is 1. The topological polar surface area (TPSA) is 20.3 Å². The van der Waals surface area contributed by atoms with Gasteiger partial charge in [0, 0.05) is 12.1 Å². The van der Waals surface area contributed by atoms with Crippen molar-refractivity contribution in [3.8, 4) is 12.3 Å². The van der Waals surface area contributed by atoms with Crippen LogP contribution in [0, 0.1) is 31.0 Å². The van der Waals surface area contributed by atoms with E-state index in [0.717, 1.165) is 12.8 Å². The third kappa shape index (κ3) is 2.89. The SMILES string of the molecule is C#CCN(CC1CC1)C(=O)c1ccc(F)c(C)c1. The summed E-state index contributed by atoms with van der Waals surface area (Å²) in [6.07, 6.45) is 7.62. The van der Waals surface area contributed by atoms with Crippen LogP contribution in [0.4, 0.5) is 4.39 Å². The van der Waals surface area contributed by atoms with Gasteiger partial charge in [-0.25, -0.2) is 4.39 Å². The van der Waals surface area contributed by atoms with E-state index in [1.165, 1.54) is 12.1 Å². The minimum Gasteiger partial charge on any atom is -0.327 e. The van der Waals surface area contributed by atoms with E-state index in [1.54, 1.807) is 17.9 Å². The maximum Gasteiger partial charge on any atom is 0.254 e. The Morgan fingerprint density at radius 1 is 1.56 bits per heavy atom. The largest absolute Gasteiger partial charge is 0.327 e. The molecule has 0 N–H and O–H groups in total. The minimum absolute atomic E-state index is 0.108. The number of carbonyl (C=O) groups is 1. The average Bonchev–Trinajstić information content (AvgIpc) is 3.15. The lowest BCUT2D eigenvalue weighted by Gasteiger charge is -2.20. The van der Waals surface area contributed by atoms with Crippen LogP contribution in [0.15, 0.2) is 18.2 Å². The van der Waals surface area contributed by atoms with Crippen molar-refractivity contribution in [2.24, 2.45) is 5.92 Å². The van der Waals surface area contributed by atoms with Crippen LogP contribution in [0.1, 0.15) is 28.8 Å². The predicted octanol–water partition coefficient (Wildman–Crippen LogP) is 2.62. The van der Waals surface area contributed by atoms with Gasteiger partial charge in [-0.3, -0.25) is 4.79 Å². The predicted molar refractivity (Wildman–Crippen MR) is 68.6 cm³/mol. The molecular weight excluding hydrogens is 229 g/mol. The molecule has 3 heteroatoms. The van der Waals surface area contributed by atoms with Gasteiger partial charge in [-0.2, -0.15) is 0 Å². The van der Waals surface area contributed by atoms with Crippen LogP contribution in [0.2, 0.25) is 0 Å². The Morgan fingerprint density at radius 3 is 2.83 bits per heavy atom. The molecule has 0 radical (unpaired) electrons. The zero-order valence-corrected chi connectivity index (χ0v) is 10.4. The molecule has 1 aliphatic rings. The van der Waals surface area contributed by atoms with Gasteiger partial charge in [0.2, 0.25) is 0 Å². The molecule has 1 aliphatic carbocycles. The number of hydrogen-bond acceptors (Lipinski definition) is 1. The number of hydrogen-bond donors (Lipinski definition) is 0. The molecule has 0 aliphatic heterocycles. The van der Waals surface area contributed by atoms with Crippen molar-refractivity contribution in [3.05, 3.63) is 35.1 Å². The molecular formula is C15H16FNO. The molecule has 0 unspecified atom stereocenters. The first-order chi connectivity index (χ1) is 8.61. The normalized spacial score (nSPS) is 14.1. The first-order valence-electron chi connectivity index (χ1n) is 6.10. The molecule has 0 heterocycles. The third-order valence-corrected chi connectivity index (χ3v) is 3.15. The van der Waals surface area contributed by atoms with E-state index in [9.17, 15) is 9.18 Å². The van der Waals surface area contributed by atoms with Gasteiger partial charge in [0.25, 0.3) is 5.91 Å². The molecule has 94 valence electrons. The fourth-order valence-electron chi connectivity index (χ4n) is 1.90. The summed E-state index contributed by atoms with van der Waals surface area (Å²) >= 11 is 0. The van der Waals surface area contributed by atoms with Crippen molar-refractivity contribution < 1.29 is 9.18 Å². The maximum absolute atomic E-state index is 13.2. The maximum atomic E-state index is 13.2. The standard InChI is InChI=1S/C15H16FNO/c1-3-8-17(10-12-4-5-12)15(18)13-6-7-14(16)11(2)9-13/h1,6-7,9,12H,4-5,8,10H2,2H3. The van der Waals surface area contributed by atoms with Gasteiger partial charge in [0.05, 0.1) is 6.54 Å².